The molecule has 66 valence electrons. The van der Waals surface area contributed by atoms with E-state index in [4.69, 9.17) is 4.74 Å². The second-order valence-corrected chi connectivity index (χ2v) is 2.46. The third-order valence-corrected chi connectivity index (χ3v) is 1.46. The monoisotopic (exact) mass is 170 g/mol. The molecule has 1 N–H and O–H groups in total. The van der Waals surface area contributed by atoms with Gasteiger partial charge in [-0.1, -0.05) is 0 Å². The molecule has 0 atom stereocenters. The normalized spacial score (nSPS) is 10.2. The minimum absolute atomic E-state index is 0.149. The molecule has 0 aliphatic rings. The maximum Gasteiger partial charge on any atom is 0.330 e. The summed E-state index contributed by atoms with van der Waals surface area (Å²) in [5.74, 6) is 0. The Morgan fingerprint density at radius 2 is 2.25 bits per heavy atom. The van der Waals surface area contributed by atoms with Crippen LogP contribution >= 0.6 is 0 Å². The minimum Gasteiger partial charge on any atom is -0.364 e. The number of nitrogens with one attached hydrogen (secondary N) is 1. The van der Waals surface area contributed by atoms with E-state index in [0.29, 0.717) is 5.56 Å². The molecule has 5 nitrogen and oxygen atoms in total. The first-order valence-electron chi connectivity index (χ1n) is 3.44. The molecule has 0 amide bonds. The number of rotatable bonds is 2. The highest BCUT2D eigenvalue weighted by molar-refractivity contribution is 5.00. The van der Waals surface area contributed by atoms with E-state index >= 15 is 0 Å². The van der Waals surface area contributed by atoms with E-state index in [1.54, 1.807) is 6.92 Å². The summed E-state index contributed by atoms with van der Waals surface area (Å²) < 4.78 is 6.03. The van der Waals surface area contributed by atoms with Crippen LogP contribution in [0.25, 0.3) is 0 Å². The van der Waals surface area contributed by atoms with E-state index < -0.39 is 5.69 Å². The number of ether oxygens (including phenoxy) is 1. The fourth-order valence-corrected chi connectivity index (χ4v) is 0.853. The predicted octanol–water partition coefficient (Wildman–Crippen LogP) is -0.551. The van der Waals surface area contributed by atoms with Crippen molar-refractivity contribution < 1.29 is 4.74 Å². The Bertz CT molecular complexity index is 377. The van der Waals surface area contributed by atoms with Crippen LogP contribution in [-0.2, 0) is 11.5 Å². The van der Waals surface area contributed by atoms with Gasteiger partial charge >= 0.3 is 5.69 Å². The van der Waals surface area contributed by atoms with Gasteiger partial charge in [0.15, 0.2) is 0 Å². The van der Waals surface area contributed by atoms with Gasteiger partial charge in [0.25, 0.3) is 5.56 Å². The maximum atomic E-state index is 11.0. The highest BCUT2D eigenvalue weighted by Gasteiger charge is 1.98. The van der Waals surface area contributed by atoms with Crippen LogP contribution in [0, 0.1) is 6.92 Å². The van der Waals surface area contributed by atoms with Gasteiger partial charge < -0.3 is 4.74 Å². The van der Waals surface area contributed by atoms with E-state index in [2.05, 4.69) is 4.98 Å². The van der Waals surface area contributed by atoms with Gasteiger partial charge in [-0.3, -0.25) is 14.3 Å². The van der Waals surface area contributed by atoms with Crippen LogP contribution < -0.4 is 11.2 Å². The number of hydrogen-bond acceptors (Lipinski definition) is 3. The van der Waals surface area contributed by atoms with Crippen molar-refractivity contribution in [2.24, 2.45) is 0 Å². The lowest BCUT2D eigenvalue weighted by Gasteiger charge is -2.02. The topological polar surface area (TPSA) is 64.1 Å². The quantitative estimate of drug-likeness (QED) is 0.647. The summed E-state index contributed by atoms with van der Waals surface area (Å²) in [6.07, 6.45) is 1.46. The molecule has 0 saturated carbocycles. The summed E-state index contributed by atoms with van der Waals surface area (Å²) in [5, 5.41) is 0. The summed E-state index contributed by atoms with van der Waals surface area (Å²) >= 11 is 0. The third-order valence-electron chi connectivity index (χ3n) is 1.46. The molecule has 1 aromatic heterocycles. The second-order valence-electron chi connectivity index (χ2n) is 2.46. The molecule has 0 spiro atoms. The average molecular weight is 170 g/mol. The van der Waals surface area contributed by atoms with Crippen LogP contribution in [0.5, 0.6) is 0 Å². The molecule has 0 radical (unpaired) electrons. The molecule has 1 heterocycles. The lowest BCUT2D eigenvalue weighted by Crippen LogP contribution is -2.31. The van der Waals surface area contributed by atoms with Crippen LogP contribution in [0.3, 0.4) is 0 Å². The van der Waals surface area contributed by atoms with Gasteiger partial charge in [-0.05, 0) is 6.92 Å². The molecule has 0 unspecified atom stereocenters. The standard InChI is InChI=1S/C7H10N2O3/c1-5-3-9(4-12-2)7(11)8-6(5)10/h3H,4H2,1-2H3,(H,8,10,11). The molecule has 0 saturated heterocycles. The first-order valence-corrected chi connectivity index (χ1v) is 3.44. The molecular weight excluding hydrogens is 160 g/mol. The van der Waals surface area contributed by atoms with Crippen LogP contribution in [0.1, 0.15) is 5.56 Å². The van der Waals surface area contributed by atoms with Crippen molar-refractivity contribution in [1.82, 2.24) is 9.55 Å². The third kappa shape index (κ3) is 1.62. The lowest BCUT2D eigenvalue weighted by atomic mass is 10.4. The van der Waals surface area contributed by atoms with E-state index in [1.807, 2.05) is 0 Å². The minimum atomic E-state index is -0.451. The van der Waals surface area contributed by atoms with Crippen LogP contribution in [0.15, 0.2) is 15.8 Å². The molecule has 0 aromatic carbocycles. The average Bonchev–Trinajstić information content (AvgIpc) is 2.01. The number of H-pyrrole nitrogens is 1. The molecule has 0 fully saturated rings. The Kier molecular flexibility index (Phi) is 2.44. The summed E-state index contributed by atoms with van der Waals surface area (Å²) in [4.78, 5) is 24.1. The molecular formula is C7H10N2O3. The Morgan fingerprint density at radius 3 is 2.83 bits per heavy atom. The van der Waals surface area contributed by atoms with Gasteiger partial charge in [-0.25, -0.2) is 4.79 Å². The number of aryl methyl sites for hydroxylation is 1. The number of methoxy groups -OCH3 is 1. The Balaban J connectivity index is 3.24. The molecule has 0 aliphatic heterocycles. The van der Waals surface area contributed by atoms with Gasteiger partial charge in [0, 0.05) is 18.9 Å². The van der Waals surface area contributed by atoms with Crippen LogP contribution in [-0.4, -0.2) is 16.7 Å². The van der Waals surface area contributed by atoms with Gasteiger partial charge in [-0.2, -0.15) is 0 Å². The first kappa shape index (κ1) is 8.73. The summed E-state index contributed by atoms with van der Waals surface area (Å²) in [5.41, 5.74) is -0.313. The number of hydrogen-bond donors (Lipinski definition) is 1. The Hall–Kier alpha value is -1.36. The summed E-state index contributed by atoms with van der Waals surface area (Å²) in [6, 6.07) is 0. The van der Waals surface area contributed by atoms with Crippen molar-refractivity contribution in [2.45, 2.75) is 13.7 Å². The molecule has 1 aromatic rings. The van der Waals surface area contributed by atoms with Crippen molar-refractivity contribution >= 4 is 0 Å². The Morgan fingerprint density at radius 1 is 1.58 bits per heavy atom. The number of aromatic nitrogens is 2. The molecule has 5 heteroatoms. The van der Waals surface area contributed by atoms with Gasteiger partial charge in [0.05, 0.1) is 0 Å². The smallest absolute Gasteiger partial charge is 0.330 e. The predicted molar refractivity (Wildman–Crippen MR) is 43.1 cm³/mol. The largest absolute Gasteiger partial charge is 0.364 e. The SMILES string of the molecule is COCn1cc(C)c(=O)[nH]c1=O. The van der Waals surface area contributed by atoms with Crippen LogP contribution in [0.4, 0.5) is 0 Å². The lowest BCUT2D eigenvalue weighted by molar-refractivity contribution is 0.126. The van der Waals surface area contributed by atoms with Gasteiger partial charge in [0.1, 0.15) is 6.73 Å². The fraction of sp³-hybridized carbons (Fsp3) is 0.429. The highest BCUT2D eigenvalue weighted by atomic mass is 16.5. The first-order chi connectivity index (χ1) is 5.65. The van der Waals surface area contributed by atoms with Gasteiger partial charge in [-0.15, -0.1) is 0 Å². The summed E-state index contributed by atoms with van der Waals surface area (Å²) in [6.45, 7) is 1.78. The van der Waals surface area contributed by atoms with E-state index in [9.17, 15) is 9.59 Å². The van der Waals surface area contributed by atoms with Crippen LogP contribution in [0.2, 0.25) is 0 Å². The molecule has 12 heavy (non-hydrogen) atoms. The molecule has 0 bridgehead atoms. The maximum absolute atomic E-state index is 11.0. The van der Waals surface area contributed by atoms with Crippen molar-refractivity contribution in [1.29, 1.82) is 0 Å². The zero-order chi connectivity index (χ0) is 9.14. The Labute approximate surface area is 68.6 Å². The van der Waals surface area contributed by atoms with Gasteiger partial charge in [0.2, 0.25) is 0 Å². The summed E-state index contributed by atoms with van der Waals surface area (Å²) in [7, 11) is 1.48. The van der Waals surface area contributed by atoms with E-state index in [-0.39, 0.29) is 12.3 Å². The highest BCUT2D eigenvalue weighted by Crippen LogP contribution is 1.83. The van der Waals surface area contributed by atoms with Crippen molar-refractivity contribution in [3.05, 3.63) is 32.6 Å². The molecule has 1 rings (SSSR count). The van der Waals surface area contributed by atoms with Crippen molar-refractivity contribution in [2.75, 3.05) is 7.11 Å². The fourth-order valence-electron chi connectivity index (χ4n) is 0.853. The van der Waals surface area contributed by atoms with E-state index in [0.717, 1.165) is 0 Å². The van der Waals surface area contributed by atoms with Crippen molar-refractivity contribution in [3.63, 3.8) is 0 Å². The zero-order valence-corrected chi connectivity index (χ0v) is 6.96. The number of aromatic amines is 1. The molecule has 0 aliphatic carbocycles. The number of nitrogens with zero attached hydrogens (tertiary/aromatic N) is 1. The second kappa shape index (κ2) is 3.36. The van der Waals surface area contributed by atoms with Crippen molar-refractivity contribution in [3.8, 4) is 0 Å². The van der Waals surface area contributed by atoms with E-state index in [1.165, 1.54) is 17.9 Å². The zero-order valence-electron chi connectivity index (χ0n) is 6.96.